The molecule has 5 rings (SSSR count). The summed E-state index contributed by atoms with van der Waals surface area (Å²) < 4.78 is 7.81. The van der Waals surface area contributed by atoms with Crippen LogP contribution in [0.5, 0.6) is 5.75 Å². The summed E-state index contributed by atoms with van der Waals surface area (Å²) in [5.41, 5.74) is 7.05. The van der Waals surface area contributed by atoms with Gasteiger partial charge in [0.05, 0.1) is 11.2 Å². The van der Waals surface area contributed by atoms with E-state index in [0.29, 0.717) is 6.61 Å². The minimum absolute atomic E-state index is 0.426. The van der Waals surface area contributed by atoms with Crippen LogP contribution in [-0.2, 0) is 13.7 Å². The molecular weight excluding hydrogens is 384 g/mol. The lowest BCUT2D eigenvalue weighted by atomic mass is 10.0. The van der Waals surface area contributed by atoms with E-state index in [-0.39, 0.29) is 0 Å². The number of benzene rings is 2. The molecule has 5 heteroatoms. The molecule has 0 atom stereocenters. The molecule has 0 aliphatic heterocycles. The van der Waals surface area contributed by atoms with E-state index in [4.69, 9.17) is 4.74 Å². The molecule has 0 bridgehead atoms. The topological polar surface area (TPSA) is 52.8 Å². The van der Waals surface area contributed by atoms with Gasteiger partial charge in [0.2, 0.25) is 0 Å². The first kappa shape index (κ1) is 19.0. The Hall–Kier alpha value is -3.99. The molecule has 0 N–H and O–H groups in total. The van der Waals surface area contributed by atoms with Gasteiger partial charge in [-0.3, -0.25) is 9.67 Å². The van der Waals surface area contributed by atoms with Gasteiger partial charge in [0.1, 0.15) is 18.1 Å². The van der Waals surface area contributed by atoms with E-state index in [2.05, 4.69) is 33.3 Å². The van der Waals surface area contributed by atoms with Crippen molar-refractivity contribution in [3.63, 3.8) is 0 Å². The number of aromatic nitrogens is 4. The van der Waals surface area contributed by atoms with Crippen LogP contribution in [0.3, 0.4) is 0 Å². The van der Waals surface area contributed by atoms with Crippen molar-refractivity contribution in [1.82, 2.24) is 19.7 Å². The number of aryl methyl sites for hydroxylation is 2. The van der Waals surface area contributed by atoms with Gasteiger partial charge in [0.15, 0.2) is 0 Å². The zero-order valence-corrected chi connectivity index (χ0v) is 17.5. The van der Waals surface area contributed by atoms with E-state index in [9.17, 15) is 0 Å². The van der Waals surface area contributed by atoms with E-state index >= 15 is 0 Å². The molecule has 152 valence electrons. The average molecular weight is 406 g/mol. The number of hydrogen-bond acceptors (Lipinski definition) is 4. The number of para-hydroxylation sites is 1. The van der Waals surface area contributed by atoms with Crippen molar-refractivity contribution in [2.24, 2.45) is 7.05 Å². The minimum Gasteiger partial charge on any atom is -0.487 e. The zero-order valence-electron chi connectivity index (χ0n) is 17.5. The van der Waals surface area contributed by atoms with Crippen LogP contribution in [0.2, 0.25) is 0 Å². The molecule has 0 aliphatic rings. The molecule has 2 aromatic carbocycles. The summed E-state index contributed by atoms with van der Waals surface area (Å²) in [7, 11) is 1.94. The van der Waals surface area contributed by atoms with Gasteiger partial charge < -0.3 is 4.74 Å². The van der Waals surface area contributed by atoms with Crippen LogP contribution in [0.1, 0.15) is 11.4 Å². The van der Waals surface area contributed by atoms with Crippen molar-refractivity contribution < 1.29 is 4.74 Å². The molecule has 3 aromatic heterocycles. The molecule has 0 fully saturated rings. The molecule has 0 aliphatic carbocycles. The van der Waals surface area contributed by atoms with Crippen LogP contribution in [0.15, 0.2) is 85.2 Å². The molecule has 0 spiro atoms. The summed E-state index contributed by atoms with van der Waals surface area (Å²) in [5, 5.41) is 5.82. The number of rotatable bonds is 5. The number of nitrogens with zero attached hydrogens (tertiary/aromatic N) is 4. The summed E-state index contributed by atoms with van der Waals surface area (Å²) >= 11 is 0. The number of ether oxygens (including phenoxy) is 1. The summed E-state index contributed by atoms with van der Waals surface area (Å²) in [4.78, 5) is 8.97. The number of pyridine rings is 2. The van der Waals surface area contributed by atoms with Gasteiger partial charge in [-0.2, -0.15) is 5.10 Å². The molecule has 31 heavy (non-hydrogen) atoms. The molecule has 0 amide bonds. The van der Waals surface area contributed by atoms with Crippen LogP contribution in [0, 0.1) is 6.92 Å². The quantitative estimate of drug-likeness (QED) is 0.382. The highest BCUT2D eigenvalue weighted by atomic mass is 16.5. The van der Waals surface area contributed by atoms with Crippen molar-refractivity contribution in [3.05, 3.63) is 96.6 Å². The highest BCUT2D eigenvalue weighted by molar-refractivity contribution is 5.80. The predicted molar refractivity (Wildman–Crippen MR) is 123 cm³/mol. The lowest BCUT2D eigenvalue weighted by Crippen LogP contribution is -1.98. The third-order valence-electron chi connectivity index (χ3n) is 5.21. The molecule has 5 aromatic rings. The lowest BCUT2D eigenvalue weighted by molar-refractivity contribution is 0.302. The largest absolute Gasteiger partial charge is 0.487 e. The monoisotopic (exact) mass is 406 g/mol. The predicted octanol–water partition coefficient (Wildman–Crippen LogP) is 5.58. The van der Waals surface area contributed by atoms with Crippen molar-refractivity contribution >= 4 is 10.9 Å². The first-order valence-electron chi connectivity index (χ1n) is 10.2. The Morgan fingerprint density at radius 1 is 0.903 bits per heavy atom. The second-order valence-electron chi connectivity index (χ2n) is 7.56. The van der Waals surface area contributed by atoms with Gasteiger partial charge in [-0.05, 0) is 61.0 Å². The average Bonchev–Trinajstić information content (AvgIpc) is 3.19. The van der Waals surface area contributed by atoms with Gasteiger partial charge >= 0.3 is 0 Å². The molecule has 0 unspecified atom stereocenters. The Labute approximate surface area is 181 Å². The fourth-order valence-corrected chi connectivity index (χ4v) is 3.68. The zero-order chi connectivity index (χ0) is 21.2. The van der Waals surface area contributed by atoms with Gasteiger partial charge in [0.25, 0.3) is 0 Å². The van der Waals surface area contributed by atoms with E-state index in [1.54, 1.807) is 0 Å². The van der Waals surface area contributed by atoms with Crippen molar-refractivity contribution in [2.45, 2.75) is 13.5 Å². The highest BCUT2D eigenvalue weighted by Crippen LogP contribution is 2.32. The van der Waals surface area contributed by atoms with E-state index in [0.717, 1.165) is 50.4 Å². The molecule has 0 radical (unpaired) electrons. The number of hydrogen-bond donors (Lipinski definition) is 0. The van der Waals surface area contributed by atoms with E-state index in [1.807, 2.05) is 85.6 Å². The molecule has 0 saturated heterocycles. The van der Waals surface area contributed by atoms with Gasteiger partial charge in [0, 0.05) is 41.6 Å². The van der Waals surface area contributed by atoms with Crippen molar-refractivity contribution in [2.75, 3.05) is 0 Å². The summed E-state index contributed by atoms with van der Waals surface area (Å²) in [6.07, 6.45) is 3.87. The maximum atomic E-state index is 5.97. The Morgan fingerprint density at radius 2 is 1.74 bits per heavy atom. The Balaban J connectivity index is 1.35. The standard InChI is InChI=1S/C26H22N4O/c1-18-15-21(13-14-27-18)24-16-30(2)29-26(24)20-8-11-23(12-9-20)31-17-22-10-7-19-5-3-4-6-25(19)28-22/h3-16H,17H2,1-2H3. The maximum Gasteiger partial charge on any atom is 0.130 e. The third kappa shape index (κ3) is 4.03. The lowest BCUT2D eigenvalue weighted by Gasteiger charge is -2.08. The molecular formula is C26H22N4O. The fourth-order valence-electron chi connectivity index (χ4n) is 3.68. The first-order chi connectivity index (χ1) is 15.2. The second-order valence-corrected chi connectivity index (χ2v) is 7.56. The summed E-state index contributed by atoms with van der Waals surface area (Å²) in [5.74, 6) is 0.802. The molecule has 3 heterocycles. The Morgan fingerprint density at radius 3 is 2.58 bits per heavy atom. The fraction of sp³-hybridized carbons (Fsp3) is 0.115. The van der Waals surface area contributed by atoms with Crippen molar-refractivity contribution in [3.8, 4) is 28.1 Å². The maximum absolute atomic E-state index is 5.97. The first-order valence-corrected chi connectivity index (χ1v) is 10.2. The normalized spacial score (nSPS) is 11.0. The summed E-state index contributed by atoms with van der Waals surface area (Å²) in [6, 6.07) is 24.3. The third-order valence-corrected chi connectivity index (χ3v) is 5.21. The van der Waals surface area contributed by atoms with Crippen LogP contribution in [-0.4, -0.2) is 19.7 Å². The minimum atomic E-state index is 0.426. The molecule has 5 nitrogen and oxygen atoms in total. The van der Waals surface area contributed by atoms with Crippen LogP contribution >= 0.6 is 0 Å². The van der Waals surface area contributed by atoms with Crippen LogP contribution in [0.4, 0.5) is 0 Å². The molecule has 0 saturated carbocycles. The summed E-state index contributed by atoms with van der Waals surface area (Å²) in [6.45, 7) is 2.42. The van der Waals surface area contributed by atoms with Gasteiger partial charge in [-0.1, -0.05) is 24.3 Å². The highest BCUT2D eigenvalue weighted by Gasteiger charge is 2.13. The van der Waals surface area contributed by atoms with Gasteiger partial charge in [-0.25, -0.2) is 4.98 Å². The Bertz CT molecular complexity index is 1360. The smallest absolute Gasteiger partial charge is 0.130 e. The van der Waals surface area contributed by atoms with Crippen LogP contribution < -0.4 is 4.74 Å². The SMILES string of the molecule is Cc1cc(-c2cn(C)nc2-c2ccc(OCc3ccc4ccccc4n3)cc2)ccn1. The van der Waals surface area contributed by atoms with E-state index in [1.165, 1.54) is 0 Å². The van der Waals surface area contributed by atoms with Crippen LogP contribution in [0.25, 0.3) is 33.3 Å². The number of fused-ring (bicyclic) bond motifs is 1. The second kappa shape index (κ2) is 8.03. The van der Waals surface area contributed by atoms with Gasteiger partial charge in [-0.15, -0.1) is 0 Å². The van der Waals surface area contributed by atoms with Crippen molar-refractivity contribution in [1.29, 1.82) is 0 Å². The van der Waals surface area contributed by atoms with E-state index < -0.39 is 0 Å². The Kier molecular flexibility index (Phi) is 4.92.